The molecule has 2 N–H and O–H groups in total. The third kappa shape index (κ3) is 5.86. The number of amides is 2. The van der Waals surface area contributed by atoms with Gasteiger partial charge in [-0.15, -0.1) is 0 Å². The van der Waals surface area contributed by atoms with Crippen LogP contribution in [0.25, 0.3) is 0 Å². The molecule has 0 atom stereocenters. The first kappa shape index (κ1) is 19.9. The van der Waals surface area contributed by atoms with Gasteiger partial charge in [-0.25, -0.2) is 17.9 Å². The molecule has 8 heteroatoms. The van der Waals surface area contributed by atoms with Gasteiger partial charge in [-0.1, -0.05) is 43.1 Å². The van der Waals surface area contributed by atoms with Crippen molar-refractivity contribution in [2.24, 2.45) is 4.99 Å². The molecule has 138 valence electrons. The fourth-order valence-electron chi connectivity index (χ4n) is 2.03. The number of nitrogens with zero attached hydrogens (tertiary/aromatic N) is 1. The molecule has 0 aromatic heterocycles. The highest BCUT2D eigenvalue weighted by Gasteiger charge is 2.16. The summed E-state index contributed by atoms with van der Waals surface area (Å²) in [6.07, 6.45) is 3.29. The molecule has 0 radical (unpaired) electrons. The zero-order valence-corrected chi connectivity index (χ0v) is 15.8. The molecule has 0 heterocycles. The molecule has 0 aliphatic heterocycles. The van der Waals surface area contributed by atoms with Gasteiger partial charge in [-0.05, 0) is 36.8 Å². The fraction of sp³-hybridized carbons (Fsp3) is 0.222. The van der Waals surface area contributed by atoms with Gasteiger partial charge in [-0.2, -0.15) is 0 Å². The Balaban J connectivity index is 2.04. The molecule has 2 amide bonds. The van der Waals surface area contributed by atoms with Crippen LogP contribution in [-0.2, 0) is 10.0 Å². The van der Waals surface area contributed by atoms with E-state index < -0.39 is 16.1 Å². The maximum absolute atomic E-state index is 12.2. The van der Waals surface area contributed by atoms with Gasteiger partial charge in [0.1, 0.15) is 0 Å². The van der Waals surface area contributed by atoms with Crippen LogP contribution >= 0.6 is 11.6 Å². The normalized spacial score (nSPS) is 11.5. The lowest BCUT2D eigenvalue weighted by atomic mass is 10.2. The number of hydrogen-bond donors (Lipinski definition) is 2. The van der Waals surface area contributed by atoms with E-state index in [-0.39, 0.29) is 4.90 Å². The molecular weight excluding hydrogens is 374 g/mol. The standard InChI is InChI=1S/C18H20ClN3O3S/c1-2-3-12-20-18(23)22-26(24,25)16-10-8-15(9-11-16)21-13-14-6-4-5-7-17(14)19/h4-11,13H,2-3,12H2,1H3,(H2,20,22,23). The number of rotatable bonds is 7. The number of nitrogens with one attached hydrogen (secondary N) is 2. The van der Waals surface area contributed by atoms with Gasteiger partial charge < -0.3 is 5.32 Å². The summed E-state index contributed by atoms with van der Waals surface area (Å²) in [6, 6.07) is 12.4. The van der Waals surface area contributed by atoms with E-state index >= 15 is 0 Å². The number of benzene rings is 2. The minimum absolute atomic E-state index is 0.0140. The second-order valence-electron chi connectivity index (χ2n) is 5.49. The largest absolute Gasteiger partial charge is 0.337 e. The quantitative estimate of drug-likeness (QED) is 0.552. The summed E-state index contributed by atoms with van der Waals surface area (Å²) < 4.78 is 26.3. The van der Waals surface area contributed by atoms with Gasteiger partial charge in [0.05, 0.1) is 10.6 Å². The van der Waals surface area contributed by atoms with Gasteiger partial charge in [-0.3, -0.25) is 4.99 Å². The van der Waals surface area contributed by atoms with Crippen LogP contribution < -0.4 is 10.0 Å². The highest BCUT2D eigenvalue weighted by molar-refractivity contribution is 7.90. The molecule has 0 saturated heterocycles. The van der Waals surface area contributed by atoms with Crippen LogP contribution in [0.3, 0.4) is 0 Å². The summed E-state index contributed by atoms with van der Waals surface area (Å²) in [5.74, 6) is 0. The van der Waals surface area contributed by atoms with Gasteiger partial charge in [0.25, 0.3) is 10.0 Å². The highest BCUT2D eigenvalue weighted by Crippen LogP contribution is 2.18. The van der Waals surface area contributed by atoms with Crippen molar-refractivity contribution in [3.63, 3.8) is 0 Å². The summed E-state index contributed by atoms with van der Waals surface area (Å²) >= 11 is 6.05. The first-order chi connectivity index (χ1) is 12.4. The van der Waals surface area contributed by atoms with E-state index in [0.29, 0.717) is 17.3 Å². The van der Waals surface area contributed by atoms with Crippen molar-refractivity contribution in [1.82, 2.24) is 10.0 Å². The van der Waals surface area contributed by atoms with Gasteiger partial charge in [0, 0.05) is 23.3 Å². The van der Waals surface area contributed by atoms with Crippen molar-refractivity contribution in [2.75, 3.05) is 6.54 Å². The Hall–Kier alpha value is -2.38. The average Bonchev–Trinajstić information content (AvgIpc) is 2.61. The number of urea groups is 1. The van der Waals surface area contributed by atoms with Crippen molar-refractivity contribution < 1.29 is 13.2 Å². The van der Waals surface area contributed by atoms with Crippen molar-refractivity contribution in [3.8, 4) is 0 Å². The number of halogens is 1. The first-order valence-corrected chi connectivity index (χ1v) is 9.98. The molecule has 2 aromatic rings. The molecule has 0 spiro atoms. The van der Waals surface area contributed by atoms with Crippen LogP contribution in [0.1, 0.15) is 25.3 Å². The van der Waals surface area contributed by atoms with Crippen LogP contribution in [0.15, 0.2) is 58.4 Å². The van der Waals surface area contributed by atoms with Crippen molar-refractivity contribution in [1.29, 1.82) is 0 Å². The van der Waals surface area contributed by atoms with Crippen molar-refractivity contribution in [3.05, 3.63) is 59.1 Å². The van der Waals surface area contributed by atoms with Gasteiger partial charge >= 0.3 is 6.03 Å². The first-order valence-electron chi connectivity index (χ1n) is 8.11. The third-order valence-electron chi connectivity index (χ3n) is 3.45. The van der Waals surface area contributed by atoms with E-state index in [1.54, 1.807) is 24.4 Å². The van der Waals surface area contributed by atoms with E-state index in [9.17, 15) is 13.2 Å². The molecule has 2 rings (SSSR count). The Bertz CT molecular complexity index is 881. The summed E-state index contributed by atoms with van der Waals surface area (Å²) in [4.78, 5) is 15.9. The smallest absolute Gasteiger partial charge is 0.328 e. The van der Waals surface area contributed by atoms with E-state index in [2.05, 4.69) is 10.3 Å². The van der Waals surface area contributed by atoms with Crippen molar-refractivity contribution in [2.45, 2.75) is 24.7 Å². The van der Waals surface area contributed by atoms with Crippen LogP contribution in [0, 0.1) is 0 Å². The van der Waals surface area contributed by atoms with E-state index in [1.165, 1.54) is 12.1 Å². The van der Waals surface area contributed by atoms with Crippen molar-refractivity contribution >= 4 is 39.6 Å². The predicted molar refractivity (Wildman–Crippen MR) is 104 cm³/mol. The molecule has 0 aliphatic carbocycles. The Kier molecular flexibility index (Phi) is 7.17. The van der Waals surface area contributed by atoms with Crippen LogP contribution in [0.5, 0.6) is 0 Å². The van der Waals surface area contributed by atoms with Crippen LogP contribution in [0.2, 0.25) is 5.02 Å². The SMILES string of the molecule is CCCCNC(=O)NS(=O)(=O)c1ccc(N=Cc2ccccc2Cl)cc1. The minimum atomic E-state index is -3.92. The van der Waals surface area contributed by atoms with Crippen LogP contribution in [-0.4, -0.2) is 27.2 Å². The predicted octanol–water partition coefficient (Wildman–Crippen LogP) is 3.88. The number of unbranched alkanes of at least 4 members (excludes halogenated alkanes) is 1. The molecule has 0 bridgehead atoms. The number of carbonyl (C=O) groups is 1. The zero-order chi connectivity index (χ0) is 19.0. The zero-order valence-electron chi connectivity index (χ0n) is 14.3. The molecule has 0 aliphatic rings. The van der Waals surface area contributed by atoms with Gasteiger partial charge in [0.15, 0.2) is 0 Å². The topological polar surface area (TPSA) is 87.6 Å². The summed E-state index contributed by atoms with van der Waals surface area (Å²) in [5, 5.41) is 3.08. The second-order valence-corrected chi connectivity index (χ2v) is 7.58. The Morgan fingerprint density at radius 1 is 1.15 bits per heavy atom. The van der Waals surface area contributed by atoms with E-state index in [1.807, 2.05) is 29.8 Å². The lowest BCUT2D eigenvalue weighted by Crippen LogP contribution is -2.39. The molecule has 6 nitrogen and oxygen atoms in total. The number of sulfonamides is 1. The monoisotopic (exact) mass is 393 g/mol. The Morgan fingerprint density at radius 2 is 1.85 bits per heavy atom. The van der Waals surface area contributed by atoms with Gasteiger partial charge in [0.2, 0.25) is 0 Å². The average molecular weight is 394 g/mol. The summed E-state index contributed by atoms with van der Waals surface area (Å²) in [7, 11) is -3.92. The molecule has 0 fully saturated rings. The molecular formula is C18H20ClN3O3S. The molecule has 26 heavy (non-hydrogen) atoms. The number of carbonyl (C=O) groups excluding carboxylic acids is 1. The maximum atomic E-state index is 12.2. The molecule has 0 saturated carbocycles. The lowest BCUT2D eigenvalue weighted by molar-refractivity contribution is 0.245. The van der Waals surface area contributed by atoms with Crippen LogP contribution in [0.4, 0.5) is 10.5 Å². The fourth-order valence-corrected chi connectivity index (χ4v) is 3.14. The molecule has 2 aromatic carbocycles. The molecule has 0 unspecified atom stereocenters. The summed E-state index contributed by atoms with van der Waals surface area (Å²) in [6.45, 7) is 2.40. The third-order valence-corrected chi connectivity index (χ3v) is 5.14. The highest BCUT2D eigenvalue weighted by atomic mass is 35.5. The maximum Gasteiger partial charge on any atom is 0.328 e. The van der Waals surface area contributed by atoms with E-state index in [4.69, 9.17) is 11.6 Å². The number of aliphatic imine (C=N–C) groups is 1. The Morgan fingerprint density at radius 3 is 2.50 bits per heavy atom. The number of hydrogen-bond acceptors (Lipinski definition) is 4. The minimum Gasteiger partial charge on any atom is -0.337 e. The second kappa shape index (κ2) is 9.35. The van der Waals surface area contributed by atoms with E-state index in [0.717, 1.165) is 18.4 Å². The summed E-state index contributed by atoms with van der Waals surface area (Å²) in [5.41, 5.74) is 1.33. The Labute approximate surface area is 158 Å². The lowest BCUT2D eigenvalue weighted by Gasteiger charge is -2.08.